The molecule has 0 saturated carbocycles. The molecule has 2 saturated heterocycles. The van der Waals surface area contributed by atoms with Crippen molar-refractivity contribution in [3.63, 3.8) is 0 Å². The molecule has 12 heteroatoms. The summed E-state index contributed by atoms with van der Waals surface area (Å²) >= 11 is 0. The number of carbonyl (C=O) groups excluding carboxylic acids is 3. The van der Waals surface area contributed by atoms with Crippen LogP contribution in [-0.4, -0.2) is 88.0 Å². The van der Waals surface area contributed by atoms with Crippen molar-refractivity contribution in [3.8, 4) is 0 Å². The molecule has 3 rings (SSSR count). The predicted molar refractivity (Wildman–Crippen MR) is 200 cm³/mol. The molecule has 12 nitrogen and oxygen atoms in total. The number of esters is 1. The molecule has 304 valence electrons. The van der Waals surface area contributed by atoms with Gasteiger partial charge in [0, 0.05) is 25.2 Å². The van der Waals surface area contributed by atoms with Gasteiger partial charge in [0.15, 0.2) is 12.1 Å². The van der Waals surface area contributed by atoms with Gasteiger partial charge in [-0.05, 0) is 87.5 Å². The van der Waals surface area contributed by atoms with E-state index in [2.05, 4.69) is 32.9 Å². The van der Waals surface area contributed by atoms with Gasteiger partial charge in [-0.2, -0.15) is 0 Å². The quantitative estimate of drug-likeness (QED) is 0.149. The maximum atomic E-state index is 13.6. The van der Waals surface area contributed by atoms with Crippen LogP contribution in [0.25, 0.3) is 0 Å². The number of allylic oxidation sites excluding steroid dienone is 2. The Hall–Kier alpha value is -2.35. The zero-order chi connectivity index (χ0) is 39.6. The first-order chi connectivity index (χ1) is 24.8. The van der Waals surface area contributed by atoms with Crippen LogP contribution in [0.3, 0.4) is 0 Å². The number of nitrogens with two attached hydrogens (primary N) is 1. The molecule has 0 aliphatic carbocycles. The minimum atomic E-state index is -1.65. The first-order valence-corrected chi connectivity index (χ1v) is 19.9. The van der Waals surface area contributed by atoms with Crippen molar-refractivity contribution >= 4 is 17.8 Å². The lowest BCUT2D eigenvalue weighted by atomic mass is 9.79. The molecule has 0 aromatic rings. The first kappa shape index (κ1) is 45.0. The van der Waals surface area contributed by atoms with E-state index >= 15 is 0 Å². The molecule has 0 unspecified atom stereocenters. The molecule has 1 amide bonds. The summed E-state index contributed by atoms with van der Waals surface area (Å²) in [5.41, 5.74) is 6.25. The van der Waals surface area contributed by atoms with Crippen molar-refractivity contribution in [2.24, 2.45) is 41.2 Å². The second kappa shape index (κ2) is 20.5. The van der Waals surface area contributed by atoms with Gasteiger partial charge in [-0.1, -0.05) is 66.7 Å². The Kier molecular flexibility index (Phi) is 17.5. The average molecular weight is 752 g/mol. The van der Waals surface area contributed by atoms with Crippen molar-refractivity contribution < 1.29 is 53.4 Å². The number of ketones is 1. The van der Waals surface area contributed by atoms with E-state index in [9.17, 15) is 29.7 Å². The number of rotatable bonds is 10. The van der Waals surface area contributed by atoms with Crippen LogP contribution < -0.4 is 5.73 Å². The van der Waals surface area contributed by atoms with Gasteiger partial charge in [0.05, 0.1) is 30.8 Å². The third kappa shape index (κ3) is 13.4. The number of amides is 1. The van der Waals surface area contributed by atoms with Crippen LogP contribution in [0.15, 0.2) is 23.8 Å². The number of carbonyl (C=O) groups is 3. The number of primary amides is 1. The monoisotopic (exact) mass is 751 g/mol. The van der Waals surface area contributed by atoms with Crippen LogP contribution in [0.4, 0.5) is 4.79 Å². The van der Waals surface area contributed by atoms with E-state index in [0.29, 0.717) is 38.5 Å². The molecule has 2 bridgehead atoms. The average Bonchev–Trinajstić information content (AvgIpc) is 3.09. The fourth-order valence-corrected chi connectivity index (χ4v) is 8.41. The van der Waals surface area contributed by atoms with Crippen LogP contribution >= 0.6 is 0 Å². The zero-order valence-corrected chi connectivity index (χ0v) is 33.6. The standard InChI is InChI=1S/C41H69NO11/c1-10-32(43)29(8)36(45)26(5)20-28(7)38-27(6)19-23(2)15-16-31(50-35-21-33(51-40(42)47)37(46)30(9)49-35)14-12-11-13-24(3)39-25(4)17-18-41(48,53-39)22-34(44)52-38/h13,15-16,23,25-31,33,35-39,45-46,48H,10-12,14,17-22H2,1-9H3,(H2,42,47)/b16-15+,24-13+/t23-,25-,26+,27+,28+,29+,30+,31+,33+,35-,36-,37+,38-,39+,41+/m0/s1. The van der Waals surface area contributed by atoms with Crippen LogP contribution in [-0.2, 0) is 33.3 Å². The summed E-state index contributed by atoms with van der Waals surface area (Å²) < 4.78 is 30.1. The predicted octanol–water partition coefficient (Wildman–Crippen LogP) is 6.12. The number of hydrogen-bond acceptors (Lipinski definition) is 11. The Morgan fingerprint density at radius 2 is 1.77 bits per heavy atom. The molecule has 0 radical (unpaired) electrons. The fourth-order valence-electron chi connectivity index (χ4n) is 8.41. The van der Waals surface area contributed by atoms with Gasteiger partial charge in [-0.25, -0.2) is 4.79 Å². The molecular formula is C41H69NO11. The number of Topliss-reactive ketones (excluding diaryl/α,β-unsaturated/α-hetero) is 1. The summed E-state index contributed by atoms with van der Waals surface area (Å²) in [5, 5.41) is 33.1. The molecule has 3 aliphatic rings. The summed E-state index contributed by atoms with van der Waals surface area (Å²) in [5.74, 6) is -2.93. The highest BCUT2D eigenvalue weighted by molar-refractivity contribution is 5.80. The number of cyclic esters (lactones) is 1. The van der Waals surface area contributed by atoms with Gasteiger partial charge >= 0.3 is 12.1 Å². The third-order valence-electron chi connectivity index (χ3n) is 11.6. The Labute approximate surface area is 317 Å². The summed E-state index contributed by atoms with van der Waals surface area (Å²) in [7, 11) is 0. The Bertz CT molecular complexity index is 1260. The molecule has 0 spiro atoms. The maximum absolute atomic E-state index is 13.6. The number of hydrogen-bond donors (Lipinski definition) is 4. The van der Waals surface area contributed by atoms with Crippen molar-refractivity contribution in [2.75, 3.05) is 0 Å². The first-order valence-electron chi connectivity index (χ1n) is 19.9. The highest BCUT2D eigenvalue weighted by Gasteiger charge is 2.43. The summed E-state index contributed by atoms with van der Waals surface area (Å²) in [6.45, 7) is 17.4. The van der Waals surface area contributed by atoms with E-state index < -0.39 is 60.6 Å². The van der Waals surface area contributed by atoms with E-state index in [0.717, 1.165) is 18.4 Å². The molecule has 5 N–H and O–H groups in total. The lowest BCUT2D eigenvalue weighted by Crippen LogP contribution is -2.50. The number of ether oxygens (including phenoxy) is 5. The van der Waals surface area contributed by atoms with E-state index in [1.807, 2.05) is 26.8 Å². The largest absolute Gasteiger partial charge is 0.462 e. The molecule has 0 aromatic carbocycles. The van der Waals surface area contributed by atoms with Crippen LogP contribution in [0.1, 0.15) is 127 Å². The normalized spacial score (nSPS) is 39.1. The number of aliphatic hydroxyl groups is 3. The van der Waals surface area contributed by atoms with Crippen LogP contribution in [0.2, 0.25) is 0 Å². The highest BCUT2D eigenvalue weighted by atomic mass is 16.7. The second-order valence-corrected chi connectivity index (χ2v) is 16.5. The van der Waals surface area contributed by atoms with Gasteiger partial charge in [0.1, 0.15) is 24.1 Å². The molecule has 15 atom stereocenters. The van der Waals surface area contributed by atoms with Crippen LogP contribution in [0, 0.1) is 35.5 Å². The Morgan fingerprint density at radius 1 is 1.08 bits per heavy atom. The lowest BCUT2D eigenvalue weighted by molar-refractivity contribution is -0.262. The Balaban J connectivity index is 1.89. The molecule has 3 heterocycles. The molecule has 2 fully saturated rings. The lowest BCUT2D eigenvalue weighted by Gasteiger charge is -2.41. The second-order valence-electron chi connectivity index (χ2n) is 16.5. The van der Waals surface area contributed by atoms with Gasteiger partial charge in [0.25, 0.3) is 0 Å². The minimum absolute atomic E-state index is 0.00954. The molecule has 3 aliphatic heterocycles. The number of fused-ring (bicyclic) bond motifs is 2. The molecular weight excluding hydrogens is 682 g/mol. The van der Waals surface area contributed by atoms with Crippen molar-refractivity contribution in [1.29, 1.82) is 0 Å². The van der Waals surface area contributed by atoms with Gasteiger partial charge in [0.2, 0.25) is 0 Å². The Morgan fingerprint density at radius 3 is 2.43 bits per heavy atom. The van der Waals surface area contributed by atoms with E-state index in [1.54, 1.807) is 20.8 Å². The van der Waals surface area contributed by atoms with E-state index in [-0.39, 0.29) is 60.4 Å². The van der Waals surface area contributed by atoms with Crippen molar-refractivity contribution in [3.05, 3.63) is 23.8 Å². The molecule has 0 aromatic heterocycles. The van der Waals surface area contributed by atoms with Gasteiger partial charge in [-0.15, -0.1) is 0 Å². The highest BCUT2D eigenvalue weighted by Crippen LogP contribution is 2.38. The van der Waals surface area contributed by atoms with E-state index in [4.69, 9.17) is 29.4 Å². The summed E-state index contributed by atoms with van der Waals surface area (Å²) in [6, 6.07) is 0. The maximum Gasteiger partial charge on any atom is 0.404 e. The smallest absolute Gasteiger partial charge is 0.404 e. The SMILES string of the molecule is CCC(=O)[C@@H](C)[C@@H](O)[C@H](C)C[C@@H](C)[C@H]1OC(=O)C[C@@]2(O)CC[C@H](C)[C@H](O2)/C(C)=C/CCC[C@@H](O[C@H]2C[C@@H](OC(N)=O)[C@H](O)[C@@H](C)O2)/C=C/[C@H](C)C[C@H]1C. The number of aliphatic hydroxyl groups excluding tert-OH is 2. The topological polar surface area (TPSA) is 184 Å². The van der Waals surface area contributed by atoms with Crippen LogP contribution in [0.5, 0.6) is 0 Å². The fraction of sp³-hybridized carbons (Fsp3) is 0.829. The summed E-state index contributed by atoms with van der Waals surface area (Å²) in [6.07, 6.45) is 4.59. The van der Waals surface area contributed by atoms with Gasteiger partial charge in [-0.3, -0.25) is 9.59 Å². The summed E-state index contributed by atoms with van der Waals surface area (Å²) in [4.78, 5) is 37.5. The molecule has 53 heavy (non-hydrogen) atoms. The zero-order valence-electron chi connectivity index (χ0n) is 33.6. The third-order valence-corrected chi connectivity index (χ3v) is 11.6. The van der Waals surface area contributed by atoms with Gasteiger partial charge < -0.3 is 44.7 Å². The van der Waals surface area contributed by atoms with Crippen molar-refractivity contribution in [2.45, 2.75) is 181 Å². The minimum Gasteiger partial charge on any atom is -0.462 e. The van der Waals surface area contributed by atoms with E-state index in [1.165, 1.54) is 0 Å². The van der Waals surface area contributed by atoms with Crippen molar-refractivity contribution in [1.82, 2.24) is 0 Å².